The number of nitrogens with one attached hydrogen (secondary N) is 1. The van der Waals surface area contributed by atoms with Crippen molar-refractivity contribution in [1.29, 1.82) is 0 Å². The molecule has 2 aromatic heterocycles. The van der Waals surface area contributed by atoms with E-state index in [0.29, 0.717) is 16.9 Å². The van der Waals surface area contributed by atoms with Gasteiger partial charge in [0.2, 0.25) is 5.91 Å². The highest BCUT2D eigenvalue weighted by Crippen LogP contribution is 2.37. The minimum Gasteiger partial charge on any atom is -0.410 e. The van der Waals surface area contributed by atoms with E-state index in [9.17, 15) is 4.79 Å². The van der Waals surface area contributed by atoms with Crippen LogP contribution in [0.4, 0.5) is 0 Å². The van der Waals surface area contributed by atoms with Crippen molar-refractivity contribution < 1.29 is 9.21 Å². The summed E-state index contributed by atoms with van der Waals surface area (Å²) in [6.07, 6.45) is 5.59. The van der Waals surface area contributed by atoms with E-state index >= 15 is 0 Å². The number of nitrogens with zero attached hydrogens (tertiary/aromatic N) is 2. The number of aryl methyl sites for hydroxylation is 1. The van der Waals surface area contributed by atoms with Crippen LogP contribution in [0.5, 0.6) is 0 Å². The standard InChI is InChI=1S/C18H25N3O2S2/c1-4-5-12(3)19-16(22)10-24-18-21-20-17(23-18)15-9-13-8-11(2)6-7-14(13)25-15/h9,11-12H,4-8,10H2,1-3H3,(H,19,22)/t11-,12-/m1/s1. The summed E-state index contributed by atoms with van der Waals surface area (Å²) in [7, 11) is 0. The molecule has 3 rings (SSSR count). The normalized spacial score (nSPS) is 18.0. The number of carbonyl (C=O) groups is 1. The summed E-state index contributed by atoms with van der Waals surface area (Å²) in [4.78, 5) is 14.4. The largest absolute Gasteiger partial charge is 0.410 e. The van der Waals surface area contributed by atoms with Crippen molar-refractivity contribution in [2.45, 2.75) is 64.1 Å². The van der Waals surface area contributed by atoms with Gasteiger partial charge in [0.1, 0.15) is 0 Å². The van der Waals surface area contributed by atoms with Crippen LogP contribution in [0.1, 0.15) is 50.5 Å². The van der Waals surface area contributed by atoms with Gasteiger partial charge in [0.15, 0.2) is 0 Å². The molecule has 25 heavy (non-hydrogen) atoms. The molecule has 2 aromatic rings. The number of hydrogen-bond donors (Lipinski definition) is 1. The molecule has 0 aromatic carbocycles. The molecule has 0 bridgehead atoms. The van der Waals surface area contributed by atoms with Gasteiger partial charge in [-0.15, -0.1) is 21.5 Å². The molecule has 5 nitrogen and oxygen atoms in total. The lowest BCUT2D eigenvalue weighted by Crippen LogP contribution is -2.33. The van der Waals surface area contributed by atoms with Crippen LogP contribution in [0, 0.1) is 5.92 Å². The SMILES string of the molecule is CCC[C@@H](C)NC(=O)CSc1nnc(-c2cc3c(s2)CC[C@@H](C)C3)o1. The highest BCUT2D eigenvalue weighted by atomic mass is 32.2. The van der Waals surface area contributed by atoms with E-state index in [4.69, 9.17) is 4.42 Å². The summed E-state index contributed by atoms with van der Waals surface area (Å²) in [6.45, 7) is 6.44. The molecule has 1 amide bonds. The van der Waals surface area contributed by atoms with Gasteiger partial charge in [0.05, 0.1) is 10.6 Å². The molecule has 136 valence electrons. The Kier molecular flexibility index (Phi) is 6.17. The zero-order valence-electron chi connectivity index (χ0n) is 15.0. The van der Waals surface area contributed by atoms with Crippen molar-refractivity contribution in [3.05, 3.63) is 16.5 Å². The number of hydrogen-bond acceptors (Lipinski definition) is 6. The predicted molar refractivity (Wildman–Crippen MR) is 102 cm³/mol. The van der Waals surface area contributed by atoms with E-state index in [1.807, 2.05) is 6.92 Å². The molecular weight excluding hydrogens is 354 g/mol. The van der Waals surface area contributed by atoms with Crippen LogP contribution >= 0.6 is 23.1 Å². The highest BCUT2D eigenvalue weighted by Gasteiger charge is 2.21. The average molecular weight is 380 g/mol. The first-order chi connectivity index (χ1) is 12.0. The molecule has 0 aliphatic heterocycles. The number of amides is 1. The van der Waals surface area contributed by atoms with Crippen LogP contribution in [0.3, 0.4) is 0 Å². The molecule has 1 aliphatic carbocycles. The fourth-order valence-corrected chi connectivity index (χ4v) is 4.83. The third-order valence-electron chi connectivity index (χ3n) is 4.40. The molecule has 0 saturated carbocycles. The summed E-state index contributed by atoms with van der Waals surface area (Å²) < 4.78 is 5.75. The molecule has 1 aliphatic rings. The molecule has 2 heterocycles. The highest BCUT2D eigenvalue weighted by molar-refractivity contribution is 7.99. The van der Waals surface area contributed by atoms with Crippen LogP contribution in [-0.2, 0) is 17.6 Å². The quantitative estimate of drug-likeness (QED) is 0.726. The lowest BCUT2D eigenvalue weighted by molar-refractivity contribution is -0.119. The van der Waals surface area contributed by atoms with Crippen molar-refractivity contribution in [2.75, 3.05) is 5.75 Å². The van der Waals surface area contributed by atoms with Gasteiger partial charge in [-0.25, -0.2) is 0 Å². The fourth-order valence-electron chi connectivity index (χ4n) is 3.13. The average Bonchev–Trinajstić information content (AvgIpc) is 3.19. The lowest BCUT2D eigenvalue weighted by atomic mass is 9.90. The molecule has 0 spiro atoms. The van der Waals surface area contributed by atoms with Crippen molar-refractivity contribution >= 4 is 29.0 Å². The van der Waals surface area contributed by atoms with Gasteiger partial charge in [0, 0.05) is 10.9 Å². The molecule has 2 atom stereocenters. The Morgan fingerprint density at radius 3 is 3.16 bits per heavy atom. The second-order valence-electron chi connectivity index (χ2n) is 6.83. The molecule has 0 saturated heterocycles. The minimum atomic E-state index is 0.00581. The van der Waals surface area contributed by atoms with E-state index in [0.717, 1.165) is 36.5 Å². The molecule has 7 heteroatoms. The zero-order chi connectivity index (χ0) is 17.8. The van der Waals surface area contributed by atoms with Crippen LogP contribution < -0.4 is 5.32 Å². The smallest absolute Gasteiger partial charge is 0.277 e. The van der Waals surface area contributed by atoms with Gasteiger partial charge in [-0.3, -0.25) is 4.79 Å². The Balaban J connectivity index is 1.57. The number of thioether (sulfide) groups is 1. The Morgan fingerprint density at radius 2 is 2.36 bits per heavy atom. The van der Waals surface area contributed by atoms with E-state index in [-0.39, 0.29) is 11.9 Å². The molecule has 0 unspecified atom stereocenters. The van der Waals surface area contributed by atoms with Crippen LogP contribution in [0.2, 0.25) is 0 Å². The Hall–Kier alpha value is -1.34. The minimum absolute atomic E-state index is 0.00581. The summed E-state index contributed by atoms with van der Waals surface area (Å²) in [6, 6.07) is 2.40. The Bertz CT molecular complexity index is 726. The van der Waals surface area contributed by atoms with E-state index in [2.05, 4.69) is 35.4 Å². The number of thiophene rings is 1. The van der Waals surface area contributed by atoms with E-state index < -0.39 is 0 Å². The first-order valence-corrected chi connectivity index (χ1v) is 10.7. The third-order valence-corrected chi connectivity index (χ3v) is 6.45. The summed E-state index contributed by atoms with van der Waals surface area (Å²) >= 11 is 3.05. The Labute approximate surface area is 157 Å². The van der Waals surface area contributed by atoms with Gasteiger partial charge in [-0.1, -0.05) is 32.0 Å². The fraction of sp³-hybridized carbons (Fsp3) is 0.611. The second kappa shape index (κ2) is 8.36. The zero-order valence-corrected chi connectivity index (χ0v) is 16.6. The van der Waals surface area contributed by atoms with Crippen molar-refractivity contribution in [2.24, 2.45) is 5.92 Å². The lowest BCUT2D eigenvalue weighted by Gasteiger charge is -2.16. The first-order valence-electron chi connectivity index (χ1n) is 8.92. The topological polar surface area (TPSA) is 68.0 Å². The van der Waals surface area contributed by atoms with Crippen molar-refractivity contribution in [1.82, 2.24) is 15.5 Å². The number of carbonyl (C=O) groups excluding carboxylic acids is 1. The maximum Gasteiger partial charge on any atom is 0.277 e. The third kappa shape index (κ3) is 4.85. The maximum absolute atomic E-state index is 11.9. The molecule has 1 N–H and O–H groups in total. The van der Waals surface area contributed by atoms with Crippen LogP contribution in [-0.4, -0.2) is 27.9 Å². The maximum atomic E-state index is 11.9. The van der Waals surface area contributed by atoms with Gasteiger partial charge in [-0.2, -0.15) is 0 Å². The number of fused-ring (bicyclic) bond motifs is 1. The van der Waals surface area contributed by atoms with Gasteiger partial charge in [-0.05, 0) is 50.2 Å². The molecule has 0 radical (unpaired) electrons. The van der Waals surface area contributed by atoms with Gasteiger partial charge >= 0.3 is 0 Å². The second-order valence-corrected chi connectivity index (χ2v) is 8.89. The monoisotopic (exact) mass is 379 g/mol. The number of rotatable bonds is 7. The summed E-state index contributed by atoms with van der Waals surface area (Å²) in [5, 5.41) is 11.7. The summed E-state index contributed by atoms with van der Waals surface area (Å²) in [5.41, 5.74) is 1.43. The predicted octanol–water partition coefficient (Wildman–Crippen LogP) is 4.32. The van der Waals surface area contributed by atoms with Crippen molar-refractivity contribution in [3.63, 3.8) is 0 Å². The van der Waals surface area contributed by atoms with Crippen LogP contribution in [0.15, 0.2) is 15.7 Å². The van der Waals surface area contributed by atoms with Crippen LogP contribution in [0.25, 0.3) is 10.8 Å². The van der Waals surface area contributed by atoms with E-state index in [1.54, 1.807) is 11.3 Å². The van der Waals surface area contributed by atoms with E-state index in [1.165, 1.54) is 28.6 Å². The Morgan fingerprint density at radius 1 is 1.52 bits per heavy atom. The van der Waals surface area contributed by atoms with Gasteiger partial charge in [0.25, 0.3) is 11.1 Å². The van der Waals surface area contributed by atoms with Crippen molar-refractivity contribution in [3.8, 4) is 10.8 Å². The van der Waals surface area contributed by atoms with Gasteiger partial charge < -0.3 is 9.73 Å². The molecule has 0 fully saturated rings. The first kappa shape index (κ1) is 18.5. The number of aromatic nitrogens is 2. The summed E-state index contributed by atoms with van der Waals surface area (Å²) in [5.74, 6) is 1.62. The molecular formula is C18H25N3O2S2.